The Balaban J connectivity index is 1.49. The summed E-state index contributed by atoms with van der Waals surface area (Å²) in [5.41, 5.74) is -1.57. The van der Waals surface area contributed by atoms with E-state index in [9.17, 15) is 31.5 Å². The van der Waals surface area contributed by atoms with E-state index in [-0.39, 0.29) is 18.0 Å². The molecule has 1 saturated heterocycles. The molecule has 0 bridgehead atoms. The fourth-order valence-corrected chi connectivity index (χ4v) is 3.69. The number of rotatable bonds is 7. The highest BCUT2D eigenvalue weighted by molar-refractivity contribution is 5.99. The highest BCUT2D eigenvalue weighted by Crippen LogP contribution is 2.32. The van der Waals surface area contributed by atoms with Crippen LogP contribution in [0.5, 0.6) is 0 Å². The molecular formula is C23H19F6N5O4. The smallest absolute Gasteiger partial charge is 0.415 e. The summed E-state index contributed by atoms with van der Waals surface area (Å²) in [4.78, 5) is 34.0. The van der Waals surface area contributed by atoms with Gasteiger partial charge in [-0.1, -0.05) is 18.2 Å². The average molecular weight is 543 g/mol. The lowest BCUT2D eigenvalue weighted by molar-refractivity contribution is -0.244. The topological polar surface area (TPSA) is 102 Å². The summed E-state index contributed by atoms with van der Waals surface area (Å²) in [5.74, 6) is -4.41. The Hall–Kier alpha value is -4.01. The molecule has 38 heavy (non-hydrogen) atoms. The summed E-state index contributed by atoms with van der Waals surface area (Å²) in [6.45, 7) is -1.04. The van der Waals surface area contributed by atoms with Crippen molar-refractivity contribution in [3.05, 3.63) is 60.2 Å². The number of alkyl halides is 6. The third kappa shape index (κ3) is 6.10. The van der Waals surface area contributed by atoms with Crippen molar-refractivity contribution in [2.75, 3.05) is 18.0 Å². The van der Waals surface area contributed by atoms with Crippen molar-refractivity contribution in [1.82, 2.24) is 20.2 Å². The molecule has 0 atom stereocenters. The van der Waals surface area contributed by atoms with Gasteiger partial charge in [-0.2, -0.15) is 22.0 Å². The zero-order valence-corrected chi connectivity index (χ0v) is 19.4. The summed E-state index contributed by atoms with van der Waals surface area (Å²) in [6, 6.07) is 11.0. The maximum atomic E-state index is 15.8. The number of aromatic nitrogens is 3. The molecule has 9 nitrogen and oxygen atoms in total. The van der Waals surface area contributed by atoms with Crippen molar-refractivity contribution < 1.29 is 45.2 Å². The van der Waals surface area contributed by atoms with Crippen LogP contribution in [0.3, 0.4) is 0 Å². The van der Waals surface area contributed by atoms with E-state index < -0.39 is 62.0 Å². The first kappa shape index (κ1) is 27.0. The number of nitrogens with zero attached hydrogens (tertiary/aromatic N) is 5. The predicted octanol–water partition coefficient (Wildman–Crippen LogP) is 4.43. The summed E-state index contributed by atoms with van der Waals surface area (Å²) in [7, 11) is 0. The lowest BCUT2D eigenvalue weighted by Crippen LogP contribution is -2.53. The van der Waals surface area contributed by atoms with Crippen molar-refractivity contribution in [2.45, 2.75) is 37.7 Å². The Kier molecular flexibility index (Phi) is 7.66. The molecule has 0 unspecified atom stereocenters. The number of benzene rings is 1. The van der Waals surface area contributed by atoms with Gasteiger partial charge in [-0.15, -0.1) is 15.3 Å². The van der Waals surface area contributed by atoms with E-state index in [1.54, 1.807) is 30.3 Å². The van der Waals surface area contributed by atoms with Gasteiger partial charge in [0.15, 0.2) is 5.67 Å². The molecule has 0 N–H and O–H groups in total. The Morgan fingerprint density at radius 1 is 1.08 bits per heavy atom. The molecule has 1 aromatic carbocycles. The van der Waals surface area contributed by atoms with Crippen LogP contribution in [-0.4, -0.2) is 57.1 Å². The second-order valence-electron chi connectivity index (χ2n) is 8.28. The molecule has 0 radical (unpaired) electrons. The number of pyridine rings is 1. The molecule has 3 aromatic rings. The third-order valence-corrected chi connectivity index (χ3v) is 5.67. The zero-order valence-electron chi connectivity index (χ0n) is 19.4. The molecule has 1 amide bonds. The van der Waals surface area contributed by atoms with E-state index in [0.29, 0.717) is 16.4 Å². The molecule has 0 spiro atoms. The number of piperidine rings is 1. The molecule has 0 aliphatic carbocycles. The van der Waals surface area contributed by atoms with Crippen LogP contribution in [0.4, 0.5) is 32.0 Å². The van der Waals surface area contributed by atoms with Crippen molar-refractivity contribution in [3.8, 4) is 11.5 Å². The van der Waals surface area contributed by atoms with Gasteiger partial charge in [0.2, 0.25) is 5.89 Å². The van der Waals surface area contributed by atoms with Gasteiger partial charge in [0, 0.05) is 37.8 Å². The molecular weight excluding hydrogens is 524 g/mol. The van der Waals surface area contributed by atoms with Crippen LogP contribution in [0, 0.1) is 0 Å². The van der Waals surface area contributed by atoms with Gasteiger partial charge < -0.3 is 14.2 Å². The van der Waals surface area contributed by atoms with Gasteiger partial charge in [0.25, 0.3) is 11.8 Å². The predicted molar refractivity (Wildman–Crippen MR) is 117 cm³/mol. The van der Waals surface area contributed by atoms with Crippen LogP contribution in [0.25, 0.3) is 11.5 Å². The number of hydrogen-bond acceptors (Lipinski definition) is 8. The molecule has 202 valence electrons. The molecule has 4 rings (SSSR count). The van der Waals surface area contributed by atoms with Crippen LogP contribution in [0.2, 0.25) is 0 Å². The maximum Gasteiger partial charge on any atom is 0.492 e. The standard InChI is InChI=1S/C23H19F6N5O4/c24-17(25)19-32-31-18(37-19)14-6-7-15(30-12-14)13-34(16-4-2-1-3-5-16)20(35)22(26)8-10-33(11-9-22)38-21(36)23(27,28)29/h1-7,12,17H,8-11,13H2. The monoisotopic (exact) mass is 543 g/mol. The summed E-state index contributed by atoms with van der Waals surface area (Å²) in [6.07, 6.45) is -7.91. The number of hydrogen-bond donors (Lipinski definition) is 0. The van der Waals surface area contributed by atoms with E-state index in [1.165, 1.54) is 18.3 Å². The van der Waals surface area contributed by atoms with Crippen LogP contribution in [0.1, 0.15) is 30.9 Å². The Morgan fingerprint density at radius 2 is 1.76 bits per heavy atom. The Labute approximate surface area is 211 Å². The largest absolute Gasteiger partial charge is 0.492 e. The normalized spacial score (nSPS) is 15.9. The number of amides is 1. The Morgan fingerprint density at radius 3 is 2.32 bits per heavy atom. The number of para-hydroxylation sites is 1. The second-order valence-corrected chi connectivity index (χ2v) is 8.28. The number of anilines is 1. The van der Waals surface area contributed by atoms with Gasteiger partial charge in [-0.3, -0.25) is 9.78 Å². The number of carbonyl (C=O) groups excluding carboxylic acids is 2. The zero-order chi connectivity index (χ0) is 27.5. The quantitative estimate of drug-likeness (QED) is 0.404. The molecule has 1 aliphatic heterocycles. The Bertz CT molecular complexity index is 1260. The SMILES string of the molecule is O=C(ON1CCC(F)(C(=O)N(Cc2ccc(-c3nnc(C(F)F)o3)cn2)c2ccccc2)CC1)C(F)(F)F. The minimum absolute atomic E-state index is 0.184. The first-order chi connectivity index (χ1) is 18.0. The summed E-state index contributed by atoms with van der Waals surface area (Å²) >= 11 is 0. The van der Waals surface area contributed by atoms with Crippen LogP contribution >= 0.6 is 0 Å². The highest BCUT2D eigenvalue weighted by atomic mass is 19.4. The average Bonchev–Trinajstić information content (AvgIpc) is 3.39. The van der Waals surface area contributed by atoms with Crippen LogP contribution in [0.15, 0.2) is 53.1 Å². The number of hydroxylamine groups is 2. The van der Waals surface area contributed by atoms with E-state index in [2.05, 4.69) is 20.0 Å². The summed E-state index contributed by atoms with van der Waals surface area (Å²) < 4.78 is 83.5. The molecule has 15 heteroatoms. The number of carbonyl (C=O) groups is 2. The van der Waals surface area contributed by atoms with Crippen molar-refractivity contribution in [1.29, 1.82) is 0 Å². The van der Waals surface area contributed by atoms with E-state index in [0.717, 1.165) is 4.90 Å². The highest BCUT2D eigenvalue weighted by Gasteiger charge is 2.47. The maximum absolute atomic E-state index is 15.8. The van der Waals surface area contributed by atoms with Crippen molar-refractivity contribution >= 4 is 17.6 Å². The lowest BCUT2D eigenvalue weighted by Gasteiger charge is -2.37. The van der Waals surface area contributed by atoms with Gasteiger partial charge in [0.05, 0.1) is 17.8 Å². The minimum Gasteiger partial charge on any atom is -0.415 e. The first-order valence-electron chi connectivity index (χ1n) is 11.1. The summed E-state index contributed by atoms with van der Waals surface area (Å²) in [5, 5.41) is 7.45. The van der Waals surface area contributed by atoms with Gasteiger partial charge in [-0.05, 0) is 24.3 Å². The van der Waals surface area contributed by atoms with Gasteiger partial charge in [0.1, 0.15) is 0 Å². The molecule has 3 heterocycles. The lowest BCUT2D eigenvalue weighted by atomic mass is 9.92. The van der Waals surface area contributed by atoms with Gasteiger partial charge in [-0.25, -0.2) is 9.18 Å². The molecule has 1 fully saturated rings. The first-order valence-corrected chi connectivity index (χ1v) is 11.1. The minimum atomic E-state index is -5.21. The van der Waals surface area contributed by atoms with Crippen molar-refractivity contribution in [2.24, 2.45) is 0 Å². The second kappa shape index (κ2) is 10.8. The molecule has 2 aromatic heterocycles. The fourth-order valence-electron chi connectivity index (χ4n) is 3.69. The fraction of sp³-hybridized carbons (Fsp3) is 0.348. The number of halogens is 6. The van der Waals surface area contributed by atoms with Crippen molar-refractivity contribution in [3.63, 3.8) is 0 Å². The van der Waals surface area contributed by atoms with E-state index >= 15 is 4.39 Å². The van der Waals surface area contributed by atoms with Crippen LogP contribution in [-0.2, 0) is 21.0 Å². The van der Waals surface area contributed by atoms with E-state index in [4.69, 9.17) is 4.42 Å². The molecule has 1 aliphatic rings. The van der Waals surface area contributed by atoms with E-state index in [1.807, 2.05) is 0 Å². The molecule has 0 saturated carbocycles. The van der Waals surface area contributed by atoms with Crippen LogP contribution < -0.4 is 4.90 Å². The third-order valence-electron chi connectivity index (χ3n) is 5.67. The van der Waals surface area contributed by atoms with Gasteiger partial charge >= 0.3 is 18.6 Å².